The van der Waals surface area contributed by atoms with Crippen LogP contribution in [0.4, 0.5) is 0 Å². The number of ether oxygens (including phenoxy) is 2. The minimum absolute atomic E-state index is 0.517. The van der Waals surface area contributed by atoms with Gasteiger partial charge >= 0.3 is 0 Å². The Balaban J connectivity index is 1.88. The van der Waals surface area contributed by atoms with E-state index >= 15 is 0 Å². The Bertz CT molecular complexity index is 195. The molecular formula is C15H28O2. The fourth-order valence-electron chi connectivity index (χ4n) is 3.90. The summed E-state index contributed by atoms with van der Waals surface area (Å²) in [6, 6.07) is 0. The molecule has 0 N–H and O–H groups in total. The van der Waals surface area contributed by atoms with Crippen molar-refractivity contribution < 1.29 is 9.47 Å². The minimum atomic E-state index is 0.517. The lowest BCUT2D eigenvalue weighted by atomic mass is 9.75. The van der Waals surface area contributed by atoms with E-state index in [1.165, 1.54) is 57.8 Å². The van der Waals surface area contributed by atoms with Gasteiger partial charge in [0, 0.05) is 14.2 Å². The van der Waals surface area contributed by atoms with Crippen molar-refractivity contribution in [1.82, 2.24) is 0 Å². The van der Waals surface area contributed by atoms with Gasteiger partial charge in [0.1, 0.15) is 0 Å². The van der Waals surface area contributed by atoms with Crippen LogP contribution in [0.3, 0.4) is 0 Å². The second-order valence-corrected chi connectivity index (χ2v) is 5.87. The molecule has 0 bridgehead atoms. The first kappa shape index (κ1) is 13.4. The van der Waals surface area contributed by atoms with Crippen LogP contribution in [0.25, 0.3) is 0 Å². The number of hydrogen-bond acceptors (Lipinski definition) is 2. The molecule has 2 rings (SSSR count). The van der Waals surface area contributed by atoms with E-state index < -0.39 is 0 Å². The smallest absolute Gasteiger partial charge is 0.0599 e. The highest BCUT2D eigenvalue weighted by Gasteiger charge is 2.32. The molecule has 0 amide bonds. The Morgan fingerprint density at radius 3 is 1.53 bits per heavy atom. The molecule has 0 aromatic heterocycles. The molecule has 0 saturated heterocycles. The maximum atomic E-state index is 5.67. The van der Waals surface area contributed by atoms with Gasteiger partial charge in [0.15, 0.2) is 0 Å². The summed E-state index contributed by atoms with van der Waals surface area (Å²) in [6.45, 7) is 0. The zero-order chi connectivity index (χ0) is 12.1. The van der Waals surface area contributed by atoms with Crippen molar-refractivity contribution in [2.45, 2.75) is 70.0 Å². The predicted molar refractivity (Wildman–Crippen MR) is 70.1 cm³/mol. The minimum Gasteiger partial charge on any atom is -0.381 e. The molecule has 0 aromatic rings. The number of hydrogen-bond donors (Lipinski definition) is 0. The topological polar surface area (TPSA) is 18.5 Å². The molecule has 0 aromatic carbocycles. The molecule has 0 spiro atoms. The van der Waals surface area contributed by atoms with Crippen molar-refractivity contribution in [2.75, 3.05) is 14.2 Å². The monoisotopic (exact) mass is 240 g/mol. The van der Waals surface area contributed by atoms with E-state index in [1.54, 1.807) is 0 Å². The average Bonchev–Trinajstić information content (AvgIpc) is 2.40. The predicted octanol–water partition coefficient (Wildman–Crippen LogP) is 3.79. The maximum Gasteiger partial charge on any atom is 0.0599 e. The molecule has 4 atom stereocenters. The second-order valence-electron chi connectivity index (χ2n) is 5.87. The molecule has 2 aliphatic rings. The first-order valence-corrected chi connectivity index (χ1v) is 7.40. The molecule has 2 aliphatic carbocycles. The Kier molecular flexibility index (Phi) is 5.30. The van der Waals surface area contributed by atoms with Crippen LogP contribution in [-0.2, 0) is 9.47 Å². The summed E-state index contributed by atoms with van der Waals surface area (Å²) in [4.78, 5) is 0. The summed E-state index contributed by atoms with van der Waals surface area (Å²) in [5, 5.41) is 0. The van der Waals surface area contributed by atoms with Gasteiger partial charge in [0.2, 0.25) is 0 Å². The van der Waals surface area contributed by atoms with Gasteiger partial charge in [-0.2, -0.15) is 0 Å². The van der Waals surface area contributed by atoms with Gasteiger partial charge < -0.3 is 9.47 Å². The van der Waals surface area contributed by atoms with E-state index in [-0.39, 0.29) is 0 Å². The molecule has 2 fully saturated rings. The third-order valence-corrected chi connectivity index (χ3v) is 4.89. The Labute approximate surface area is 106 Å². The van der Waals surface area contributed by atoms with Gasteiger partial charge in [0.05, 0.1) is 12.2 Å². The van der Waals surface area contributed by atoms with Crippen LogP contribution in [0.15, 0.2) is 0 Å². The van der Waals surface area contributed by atoms with Crippen molar-refractivity contribution >= 4 is 0 Å². The van der Waals surface area contributed by atoms with Gasteiger partial charge in [-0.05, 0) is 43.9 Å². The third kappa shape index (κ3) is 3.45. The summed E-state index contributed by atoms with van der Waals surface area (Å²) < 4.78 is 11.3. The zero-order valence-electron chi connectivity index (χ0n) is 11.5. The standard InChI is InChI=1S/C15H28O2/c1-16-14-9-5-3-7-12(14)11-13-8-4-6-10-15(13)17-2/h12-15H,3-11H2,1-2H3. The molecule has 2 saturated carbocycles. The van der Waals surface area contributed by atoms with Crippen molar-refractivity contribution in [3.63, 3.8) is 0 Å². The SMILES string of the molecule is COC1CCCCC1CC1CCCCC1OC. The van der Waals surface area contributed by atoms with Crippen molar-refractivity contribution in [3.05, 3.63) is 0 Å². The first-order chi connectivity index (χ1) is 8.35. The van der Waals surface area contributed by atoms with Gasteiger partial charge in [-0.1, -0.05) is 25.7 Å². The van der Waals surface area contributed by atoms with Crippen LogP contribution < -0.4 is 0 Å². The first-order valence-electron chi connectivity index (χ1n) is 7.40. The molecular weight excluding hydrogens is 212 g/mol. The molecule has 0 heterocycles. The molecule has 0 radical (unpaired) electrons. The third-order valence-electron chi connectivity index (χ3n) is 4.89. The Hall–Kier alpha value is -0.0800. The van der Waals surface area contributed by atoms with E-state index in [4.69, 9.17) is 9.47 Å². The lowest BCUT2D eigenvalue weighted by Crippen LogP contribution is -2.34. The lowest BCUT2D eigenvalue weighted by Gasteiger charge is -2.37. The number of rotatable bonds is 4. The molecule has 2 heteroatoms. The summed E-state index contributed by atoms with van der Waals surface area (Å²) in [6.07, 6.45) is 13.1. The molecule has 2 nitrogen and oxygen atoms in total. The Morgan fingerprint density at radius 2 is 1.12 bits per heavy atom. The maximum absolute atomic E-state index is 5.67. The van der Waals surface area contributed by atoms with E-state index in [2.05, 4.69) is 0 Å². The molecule has 0 aliphatic heterocycles. The summed E-state index contributed by atoms with van der Waals surface area (Å²) in [5.74, 6) is 1.57. The molecule has 100 valence electrons. The van der Waals surface area contributed by atoms with Gasteiger partial charge in [-0.3, -0.25) is 0 Å². The highest BCUT2D eigenvalue weighted by molar-refractivity contribution is 4.83. The quantitative estimate of drug-likeness (QED) is 0.744. The van der Waals surface area contributed by atoms with E-state index in [1.807, 2.05) is 14.2 Å². The summed E-state index contributed by atoms with van der Waals surface area (Å²) in [5.41, 5.74) is 0. The van der Waals surface area contributed by atoms with Crippen molar-refractivity contribution in [2.24, 2.45) is 11.8 Å². The summed E-state index contributed by atoms with van der Waals surface area (Å²) >= 11 is 0. The van der Waals surface area contributed by atoms with E-state index in [0.29, 0.717) is 12.2 Å². The van der Waals surface area contributed by atoms with E-state index in [9.17, 15) is 0 Å². The van der Waals surface area contributed by atoms with Gasteiger partial charge in [-0.15, -0.1) is 0 Å². The van der Waals surface area contributed by atoms with Gasteiger partial charge in [0.25, 0.3) is 0 Å². The van der Waals surface area contributed by atoms with Crippen molar-refractivity contribution in [1.29, 1.82) is 0 Å². The van der Waals surface area contributed by atoms with Crippen LogP contribution in [0.1, 0.15) is 57.8 Å². The van der Waals surface area contributed by atoms with Crippen LogP contribution in [0, 0.1) is 11.8 Å². The van der Waals surface area contributed by atoms with Crippen molar-refractivity contribution in [3.8, 4) is 0 Å². The fourth-order valence-corrected chi connectivity index (χ4v) is 3.90. The van der Waals surface area contributed by atoms with Gasteiger partial charge in [-0.25, -0.2) is 0 Å². The second kappa shape index (κ2) is 6.75. The highest BCUT2D eigenvalue weighted by Crippen LogP contribution is 2.37. The fraction of sp³-hybridized carbons (Fsp3) is 1.00. The normalized spacial score (nSPS) is 39.2. The van der Waals surface area contributed by atoms with Crippen LogP contribution in [-0.4, -0.2) is 26.4 Å². The average molecular weight is 240 g/mol. The molecule has 17 heavy (non-hydrogen) atoms. The lowest BCUT2D eigenvalue weighted by molar-refractivity contribution is -0.0224. The zero-order valence-corrected chi connectivity index (χ0v) is 11.5. The summed E-state index contributed by atoms with van der Waals surface area (Å²) in [7, 11) is 3.77. The Morgan fingerprint density at radius 1 is 0.706 bits per heavy atom. The van der Waals surface area contributed by atoms with Crippen LogP contribution in [0.2, 0.25) is 0 Å². The largest absolute Gasteiger partial charge is 0.381 e. The van der Waals surface area contributed by atoms with Crippen LogP contribution >= 0.6 is 0 Å². The number of methoxy groups -OCH3 is 2. The molecule has 4 unspecified atom stereocenters. The van der Waals surface area contributed by atoms with E-state index in [0.717, 1.165) is 11.8 Å². The van der Waals surface area contributed by atoms with Crippen LogP contribution in [0.5, 0.6) is 0 Å². The highest BCUT2D eigenvalue weighted by atomic mass is 16.5.